The number of hydrogen-bond acceptors (Lipinski definition) is 5. The van der Waals surface area contributed by atoms with Crippen LogP contribution >= 0.6 is 11.8 Å². The number of fused-ring (bicyclic) bond motifs is 3. The molecule has 1 atom stereocenters. The predicted octanol–water partition coefficient (Wildman–Crippen LogP) is 4.41. The maximum Gasteiger partial charge on any atom is 0.407 e. The molecule has 182 valence electrons. The number of carboxylic acids is 1. The van der Waals surface area contributed by atoms with Gasteiger partial charge in [-0.3, -0.25) is 9.59 Å². The van der Waals surface area contributed by atoms with Crippen molar-refractivity contribution >= 4 is 29.7 Å². The highest BCUT2D eigenvalue weighted by Crippen LogP contribution is 2.44. The van der Waals surface area contributed by atoms with Crippen molar-refractivity contribution in [2.24, 2.45) is 0 Å². The van der Waals surface area contributed by atoms with E-state index in [9.17, 15) is 14.4 Å². The smallest absolute Gasteiger partial charge is 0.407 e. The van der Waals surface area contributed by atoms with Crippen LogP contribution in [0.25, 0.3) is 11.1 Å². The standard InChI is InChI=1S/C26H32N2O5S/c1-26(2,14-12-23(29)30)28-24(31)22(13-15-34-3)27-25(32)33-16-21-19-10-6-4-8-17(19)18-9-5-7-11-20(18)21/h4-11,21-22H,12-16H2,1-3H3,(H,27,32)(H,28,31)(H,29,30)/t22-/m1/s1. The average molecular weight is 485 g/mol. The molecule has 0 spiro atoms. The highest BCUT2D eigenvalue weighted by molar-refractivity contribution is 7.98. The summed E-state index contributed by atoms with van der Waals surface area (Å²) in [6, 6.07) is 15.4. The lowest BCUT2D eigenvalue weighted by Gasteiger charge is -2.28. The molecule has 0 bridgehead atoms. The lowest BCUT2D eigenvalue weighted by atomic mass is 9.97. The van der Waals surface area contributed by atoms with E-state index in [1.807, 2.05) is 30.5 Å². The molecule has 34 heavy (non-hydrogen) atoms. The molecule has 0 aromatic heterocycles. The van der Waals surface area contributed by atoms with E-state index < -0.39 is 23.6 Å². The number of ether oxygens (including phenoxy) is 1. The van der Waals surface area contributed by atoms with Crippen molar-refractivity contribution in [3.63, 3.8) is 0 Å². The molecule has 2 aromatic rings. The second-order valence-electron chi connectivity index (χ2n) is 9.07. The van der Waals surface area contributed by atoms with Crippen molar-refractivity contribution < 1.29 is 24.2 Å². The molecule has 8 heteroatoms. The number of rotatable bonds is 11. The van der Waals surface area contributed by atoms with Gasteiger partial charge in [-0.25, -0.2) is 4.79 Å². The van der Waals surface area contributed by atoms with Crippen LogP contribution in [0.3, 0.4) is 0 Å². The van der Waals surface area contributed by atoms with E-state index in [-0.39, 0.29) is 31.3 Å². The first-order valence-electron chi connectivity index (χ1n) is 11.4. The summed E-state index contributed by atoms with van der Waals surface area (Å²) >= 11 is 1.58. The topological polar surface area (TPSA) is 105 Å². The van der Waals surface area contributed by atoms with Crippen LogP contribution in [0, 0.1) is 0 Å². The van der Waals surface area contributed by atoms with Gasteiger partial charge in [-0.05, 0) is 61.0 Å². The molecule has 0 aliphatic heterocycles. The number of alkyl carbamates (subject to hydrolysis) is 1. The van der Waals surface area contributed by atoms with E-state index in [2.05, 4.69) is 34.9 Å². The van der Waals surface area contributed by atoms with Gasteiger partial charge in [0.15, 0.2) is 0 Å². The van der Waals surface area contributed by atoms with Crippen LogP contribution in [0.15, 0.2) is 48.5 Å². The molecule has 0 radical (unpaired) electrons. The Labute approximate surface area is 204 Å². The number of carbonyl (C=O) groups excluding carboxylic acids is 2. The Bertz CT molecular complexity index is 994. The predicted molar refractivity (Wildman–Crippen MR) is 134 cm³/mol. The minimum Gasteiger partial charge on any atom is -0.481 e. The van der Waals surface area contributed by atoms with Gasteiger partial charge in [0.25, 0.3) is 0 Å². The molecule has 3 N–H and O–H groups in total. The summed E-state index contributed by atoms with van der Waals surface area (Å²) in [4.78, 5) is 36.5. The highest BCUT2D eigenvalue weighted by atomic mass is 32.2. The molecule has 7 nitrogen and oxygen atoms in total. The van der Waals surface area contributed by atoms with Gasteiger partial charge in [0.2, 0.25) is 5.91 Å². The van der Waals surface area contributed by atoms with Gasteiger partial charge in [0.05, 0.1) is 0 Å². The van der Waals surface area contributed by atoms with E-state index in [1.54, 1.807) is 25.6 Å². The lowest BCUT2D eigenvalue weighted by Crippen LogP contribution is -2.53. The lowest BCUT2D eigenvalue weighted by molar-refractivity contribution is -0.138. The number of aliphatic carboxylic acids is 1. The largest absolute Gasteiger partial charge is 0.481 e. The van der Waals surface area contributed by atoms with E-state index in [1.165, 1.54) is 0 Å². The zero-order chi connectivity index (χ0) is 24.7. The zero-order valence-corrected chi connectivity index (χ0v) is 20.6. The SMILES string of the molecule is CSCC[C@@H](NC(=O)OCC1c2ccccc2-c2ccccc21)C(=O)NC(C)(C)CCC(=O)O. The Morgan fingerprint density at radius 2 is 1.65 bits per heavy atom. The quantitative estimate of drug-likeness (QED) is 0.437. The number of carboxylic acid groups (broad SMARTS) is 1. The Morgan fingerprint density at radius 1 is 1.06 bits per heavy atom. The molecule has 0 saturated carbocycles. The molecule has 1 aliphatic rings. The molecular formula is C26H32N2O5S. The van der Waals surface area contributed by atoms with E-state index >= 15 is 0 Å². The first kappa shape index (κ1) is 25.6. The maximum atomic E-state index is 12.9. The Kier molecular flexibility index (Phi) is 8.61. The van der Waals surface area contributed by atoms with Crippen LogP contribution in [0.1, 0.15) is 50.2 Å². The Hall–Kier alpha value is -3.00. The summed E-state index contributed by atoms with van der Waals surface area (Å²) in [5.41, 5.74) is 3.82. The summed E-state index contributed by atoms with van der Waals surface area (Å²) in [6.07, 6.45) is 1.95. The number of benzene rings is 2. The maximum absolute atomic E-state index is 12.9. The van der Waals surface area contributed by atoms with Gasteiger partial charge in [-0.2, -0.15) is 11.8 Å². The summed E-state index contributed by atoms with van der Waals surface area (Å²) in [5.74, 6) is -0.653. The van der Waals surface area contributed by atoms with Crippen molar-refractivity contribution in [1.29, 1.82) is 0 Å². The third-order valence-electron chi connectivity index (χ3n) is 5.99. The van der Waals surface area contributed by atoms with Gasteiger partial charge in [-0.15, -0.1) is 0 Å². The first-order valence-corrected chi connectivity index (χ1v) is 12.8. The molecule has 2 aromatic carbocycles. The second-order valence-corrected chi connectivity index (χ2v) is 10.1. The van der Waals surface area contributed by atoms with Gasteiger partial charge < -0.3 is 20.5 Å². The molecular weight excluding hydrogens is 452 g/mol. The van der Waals surface area contributed by atoms with Crippen molar-refractivity contribution in [2.45, 2.75) is 50.6 Å². The minimum atomic E-state index is -0.919. The van der Waals surface area contributed by atoms with Gasteiger partial charge in [-0.1, -0.05) is 48.5 Å². The summed E-state index contributed by atoms with van der Waals surface area (Å²) in [5, 5.41) is 14.5. The Balaban J connectivity index is 1.63. The van der Waals surface area contributed by atoms with Crippen molar-refractivity contribution in [3.8, 4) is 11.1 Å². The van der Waals surface area contributed by atoms with Crippen LogP contribution in [0.2, 0.25) is 0 Å². The number of nitrogens with one attached hydrogen (secondary N) is 2. The van der Waals surface area contributed by atoms with E-state index in [4.69, 9.17) is 9.84 Å². The number of hydrogen-bond donors (Lipinski definition) is 3. The van der Waals surface area contributed by atoms with E-state index in [0.29, 0.717) is 12.2 Å². The van der Waals surface area contributed by atoms with Gasteiger partial charge in [0, 0.05) is 17.9 Å². The first-order chi connectivity index (χ1) is 16.2. The molecule has 0 saturated heterocycles. The average Bonchev–Trinajstić information content (AvgIpc) is 3.12. The fraction of sp³-hybridized carbons (Fsp3) is 0.423. The molecule has 3 rings (SSSR count). The van der Waals surface area contributed by atoms with Gasteiger partial charge >= 0.3 is 12.1 Å². The Morgan fingerprint density at radius 3 is 2.21 bits per heavy atom. The van der Waals surface area contributed by atoms with E-state index in [0.717, 1.165) is 22.3 Å². The minimum absolute atomic E-state index is 0.0530. The second kappa shape index (κ2) is 11.4. The monoisotopic (exact) mass is 484 g/mol. The normalized spacial score (nSPS) is 13.5. The molecule has 0 unspecified atom stereocenters. The third kappa shape index (κ3) is 6.53. The molecule has 1 aliphatic carbocycles. The number of amides is 2. The summed E-state index contributed by atoms with van der Waals surface area (Å²) in [7, 11) is 0. The van der Waals surface area contributed by atoms with Crippen molar-refractivity contribution in [3.05, 3.63) is 59.7 Å². The van der Waals surface area contributed by atoms with Crippen LogP contribution in [0.5, 0.6) is 0 Å². The summed E-state index contributed by atoms with van der Waals surface area (Å²) < 4.78 is 5.59. The van der Waals surface area contributed by atoms with Crippen LogP contribution in [-0.2, 0) is 14.3 Å². The van der Waals surface area contributed by atoms with Crippen LogP contribution < -0.4 is 10.6 Å². The molecule has 2 amide bonds. The van der Waals surface area contributed by atoms with Crippen molar-refractivity contribution in [1.82, 2.24) is 10.6 Å². The number of thioether (sulfide) groups is 1. The molecule has 0 heterocycles. The van der Waals surface area contributed by atoms with Gasteiger partial charge in [0.1, 0.15) is 12.6 Å². The molecule has 0 fully saturated rings. The fourth-order valence-electron chi connectivity index (χ4n) is 4.19. The third-order valence-corrected chi connectivity index (χ3v) is 6.63. The van der Waals surface area contributed by atoms with Crippen molar-refractivity contribution in [2.75, 3.05) is 18.6 Å². The summed E-state index contributed by atoms with van der Waals surface area (Å²) in [6.45, 7) is 3.71. The zero-order valence-electron chi connectivity index (χ0n) is 19.8. The fourth-order valence-corrected chi connectivity index (χ4v) is 4.66. The van der Waals surface area contributed by atoms with Crippen LogP contribution in [0.4, 0.5) is 4.79 Å². The van der Waals surface area contributed by atoms with Crippen LogP contribution in [-0.4, -0.2) is 53.3 Å². The highest BCUT2D eigenvalue weighted by Gasteiger charge is 2.31. The number of carbonyl (C=O) groups is 3.